The van der Waals surface area contributed by atoms with Crippen LogP contribution in [0, 0.1) is 6.92 Å². The van der Waals surface area contributed by atoms with Crippen molar-refractivity contribution in [2.24, 2.45) is 0 Å². The van der Waals surface area contributed by atoms with E-state index >= 15 is 0 Å². The molecular formula is C11H14BrNO2. The van der Waals surface area contributed by atoms with Crippen molar-refractivity contribution in [1.29, 1.82) is 0 Å². The fraction of sp³-hybridized carbons (Fsp3) is 0.364. The third kappa shape index (κ3) is 3.23. The maximum absolute atomic E-state index is 11.4. The number of carbonyl (C=O) groups is 1. The number of benzene rings is 1. The van der Waals surface area contributed by atoms with E-state index in [1.165, 1.54) is 0 Å². The van der Waals surface area contributed by atoms with Crippen molar-refractivity contribution in [3.05, 3.63) is 23.8 Å². The minimum absolute atomic E-state index is 0.0525. The third-order valence-corrected chi connectivity index (χ3v) is 2.47. The molecule has 0 saturated carbocycles. The van der Waals surface area contributed by atoms with E-state index in [0.29, 0.717) is 0 Å². The van der Waals surface area contributed by atoms with Crippen LogP contribution < -0.4 is 10.1 Å². The van der Waals surface area contributed by atoms with Crippen LogP contribution in [0.25, 0.3) is 0 Å². The summed E-state index contributed by atoms with van der Waals surface area (Å²) in [7, 11) is 1.62. The number of alkyl halides is 1. The first kappa shape index (κ1) is 12.0. The molecule has 4 heteroatoms. The second-order valence-electron chi connectivity index (χ2n) is 3.29. The summed E-state index contributed by atoms with van der Waals surface area (Å²) >= 11 is 3.21. The molecule has 0 heterocycles. The van der Waals surface area contributed by atoms with Gasteiger partial charge in [0.1, 0.15) is 5.75 Å². The molecule has 82 valence electrons. The second-order valence-corrected chi connectivity index (χ2v) is 4.66. The molecule has 0 aromatic heterocycles. The molecule has 0 aliphatic heterocycles. The lowest BCUT2D eigenvalue weighted by atomic mass is 10.2. The smallest absolute Gasteiger partial charge is 0.237 e. The first-order valence-electron chi connectivity index (χ1n) is 4.64. The first-order chi connectivity index (χ1) is 7.04. The van der Waals surface area contributed by atoms with E-state index in [-0.39, 0.29) is 10.7 Å². The van der Waals surface area contributed by atoms with Crippen molar-refractivity contribution < 1.29 is 9.53 Å². The zero-order valence-corrected chi connectivity index (χ0v) is 10.6. The number of carbonyl (C=O) groups excluding carboxylic acids is 1. The Kier molecular flexibility index (Phi) is 4.15. The normalized spacial score (nSPS) is 12.0. The Labute approximate surface area is 97.9 Å². The van der Waals surface area contributed by atoms with Gasteiger partial charge in [-0.1, -0.05) is 15.9 Å². The molecule has 1 aromatic carbocycles. The maximum Gasteiger partial charge on any atom is 0.237 e. The Morgan fingerprint density at radius 2 is 2.20 bits per heavy atom. The van der Waals surface area contributed by atoms with Gasteiger partial charge >= 0.3 is 0 Å². The van der Waals surface area contributed by atoms with Crippen molar-refractivity contribution in [3.8, 4) is 5.75 Å². The predicted molar refractivity (Wildman–Crippen MR) is 64.7 cm³/mol. The molecule has 0 fully saturated rings. The quantitative estimate of drug-likeness (QED) is 0.859. The zero-order chi connectivity index (χ0) is 11.4. The summed E-state index contributed by atoms with van der Waals surface area (Å²) in [6.07, 6.45) is 0. The Morgan fingerprint density at radius 3 is 2.67 bits per heavy atom. The number of amides is 1. The van der Waals surface area contributed by atoms with Crippen LogP contribution in [0.15, 0.2) is 18.2 Å². The monoisotopic (exact) mass is 271 g/mol. The molecule has 3 nitrogen and oxygen atoms in total. The Balaban J connectivity index is 2.83. The highest BCUT2D eigenvalue weighted by molar-refractivity contribution is 9.10. The van der Waals surface area contributed by atoms with Gasteiger partial charge in [-0.05, 0) is 37.6 Å². The molecule has 0 spiro atoms. The van der Waals surface area contributed by atoms with Crippen LogP contribution in [0.4, 0.5) is 5.69 Å². The molecule has 0 radical (unpaired) electrons. The summed E-state index contributed by atoms with van der Waals surface area (Å²) < 4.78 is 5.08. The molecule has 0 saturated heterocycles. The number of aryl methyl sites for hydroxylation is 1. The van der Waals surface area contributed by atoms with Gasteiger partial charge in [-0.25, -0.2) is 0 Å². The number of ether oxygens (including phenoxy) is 1. The number of hydrogen-bond acceptors (Lipinski definition) is 2. The summed E-state index contributed by atoms with van der Waals surface area (Å²) in [6.45, 7) is 3.71. The molecule has 15 heavy (non-hydrogen) atoms. The SMILES string of the molecule is COc1ccc(NC(=O)C(C)Br)c(C)c1. The van der Waals surface area contributed by atoms with Crippen molar-refractivity contribution in [2.75, 3.05) is 12.4 Å². The van der Waals surface area contributed by atoms with Crippen LogP contribution in [0.1, 0.15) is 12.5 Å². The number of rotatable bonds is 3. The fourth-order valence-electron chi connectivity index (χ4n) is 1.14. The lowest BCUT2D eigenvalue weighted by molar-refractivity contribution is -0.115. The van der Waals surface area contributed by atoms with Crippen molar-refractivity contribution >= 4 is 27.5 Å². The van der Waals surface area contributed by atoms with Crippen LogP contribution in [-0.4, -0.2) is 17.8 Å². The van der Waals surface area contributed by atoms with E-state index < -0.39 is 0 Å². The molecule has 1 aromatic rings. The highest BCUT2D eigenvalue weighted by Crippen LogP contribution is 2.21. The average Bonchev–Trinajstić information content (AvgIpc) is 2.20. The van der Waals surface area contributed by atoms with Gasteiger partial charge in [0.2, 0.25) is 5.91 Å². The van der Waals surface area contributed by atoms with Crippen molar-refractivity contribution in [2.45, 2.75) is 18.7 Å². The van der Waals surface area contributed by atoms with Crippen LogP contribution in [0.2, 0.25) is 0 Å². The van der Waals surface area contributed by atoms with E-state index in [9.17, 15) is 4.79 Å². The van der Waals surface area contributed by atoms with E-state index in [1.807, 2.05) is 25.1 Å². The molecule has 0 bridgehead atoms. The highest BCUT2D eigenvalue weighted by atomic mass is 79.9. The predicted octanol–water partition coefficient (Wildman–Crippen LogP) is 2.73. The van der Waals surface area contributed by atoms with Gasteiger partial charge in [0, 0.05) is 5.69 Å². The Bertz CT molecular complexity index is 364. The third-order valence-electron chi connectivity index (χ3n) is 2.05. The topological polar surface area (TPSA) is 38.3 Å². The minimum atomic E-state index is -0.195. The first-order valence-corrected chi connectivity index (χ1v) is 5.55. The number of hydrogen-bond donors (Lipinski definition) is 1. The van der Waals surface area contributed by atoms with Gasteiger partial charge in [0.05, 0.1) is 11.9 Å². The van der Waals surface area contributed by atoms with Gasteiger partial charge in [-0.3, -0.25) is 4.79 Å². The minimum Gasteiger partial charge on any atom is -0.497 e. The molecule has 0 aliphatic rings. The second kappa shape index (κ2) is 5.16. The van der Waals surface area contributed by atoms with E-state index in [2.05, 4.69) is 21.2 Å². The summed E-state index contributed by atoms with van der Waals surface area (Å²) in [5.74, 6) is 0.737. The molecular weight excluding hydrogens is 258 g/mol. The molecule has 0 aliphatic carbocycles. The van der Waals surface area contributed by atoms with E-state index in [4.69, 9.17) is 4.74 Å². The van der Waals surface area contributed by atoms with Gasteiger partial charge in [0.15, 0.2) is 0 Å². The van der Waals surface area contributed by atoms with Gasteiger partial charge in [0.25, 0.3) is 0 Å². The Hall–Kier alpha value is -1.03. The van der Waals surface area contributed by atoms with Gasteiger partial charge in [-0.2, -0.15) is 0 Å². The van der Waals surface area contributed by atoms with Gasteiger partial charge in [-0.15, -0.1) is 0 Å². The molecule has 1 amide bonds. The van der Waals surface area contributed by atoms with Gasteiger partial charge < -0.3 is 10.1 Å². The van der Waals surface area contributed by atoms with Crippen molar-refractivity contribution in [1.82, 2.24) is 0 Å². The van der Waals surface area contributed by atoms with Crippen LogP contribution in [0.3, 0.4) is 0 Å². The zero-order valence-electron chi connectivity index (χ0n) is 9.00. The van der Waals surface area contributed by atoms with Crippen LogP contribution in [0.5, 0.6) is 5.75 Å². The molecule has 1 N–H and O–H groups in total. The van der Waals surface area contributed by atoms with Crippen molar-refractivity contribution in [3.63, 3.8) is 0 Å². The largest absolute Gasteiger partial charge is 0.497 e. The lowest BCUT2D eigenvalue weighted by Gasteiger charge is -2.10. The average molecular weight is 272 g/mol. The standard InChI is InChI=1S/C11H14BrNO2/c1-7-6-9(15-3)4-5-10(7)13-11(14)8(2)12/h4-6,8H,1-3H3,(H,13,14). The van der Waals surface area contributed by atoms with E-state index in [0.717, 1.165) is 17.0 Å². The summed E-state index contributed by atoms with van der Waals surface area (Å²) in [5, 5.41) is 2.82. The maximum atomic E-state index is 11.4. The van der Waals surface area contributed by atoms with E-state index in [1.54, 1.807) is 14.0 Å². The molecule has 1 rings (SSSR count). The number of anilines is 1. The van der Waals surface area contributed by atoms with Crippen LogP contribution in [-0.2, 0) is 4.79 Å². The summed E-state index contributed by atoms with van der Waals surface area (Å²) in [4.78, 5) is 11.2. The number of nitrogens with one attached hydrogen (secondary N) is 1. The van der Waals surface area contributed by atoms with Crippen LogP contribution >= 0.6 is 15.9 Å². The Morgan fingerprint density at radius 1 is 1.53 bits per heavy atom. The number of methoxy groups -OCH3 is 1. The molecule has 1 atom stereocenters. The lowest BCUT2D eigenvalue weighted by Crippen LogP contribution is -2.20. The highest BCUT2D eigenvalue weighted by Gasteiger charge is 2.10. The summed E-state index contributed by atoms with van der Waals surface area (Å²) in [5.41, 5.74) is 1.79. The number of halogens is 1. The summed E-state index contributed by atoms with van der Waals surface area (Å²) in [6, 6.07) is 5.54. The fourth-order valence-corrected chi connectivity index (χ4v) is 1.25. The molecule has 1 unspecified atom stereocenters.